The molecule has 0 aromatic heterocycles. The van der Waals surface area contributed by atoms with Crippen LogP contribution in [0.4, 0.5) is 0 Å². The van der Waals surface area contributed by atoms with Crippen molar-refractivity contribution in [2.45, 2.75) is 13.3 Å². The van der Waals surface area contributed by atoms with E-state index in [9.17, 15) is 9.59 Å². The second kappa shape index (κ2) is 6.81. The Labute approximate surface area is 89.6 Å². The van der Waals surface area contributed by atoms with Crippen LogP contribution in [0.25, 0.3) is 0 Å². The molecule has 0 heterocycles. The number of hydrogen-bond acceptors (Lipinski definition) is 4. The molecule has 1 unspecified atom stereocenters. The number of ether oxygens (including phenoxy) is 2. The quantitative estimate of drug-likeness (QED) is 0.494. The number of methoxy groups -OCH3 is 1. The summed E-state index contributed by atoms with van der Waals surface area (Å²) in [4.78, 5) is 21.7. The van der Waals surface area contributed by atoms with Gasteiger partial charge in [-0.2, -0.15) is 0 Å². The highest BCUT2D eigenvalue weighted by atomic mass is 16.5. The molecule has 0 aliphatic rings. The van der Waals surface area contributed by atoms with E-state index in [2.05, 4.69) is 17.9 Å². The SMILES string of the molecule is C=CC(=O)OCC(C)CC(=C)C(=O)OC. The second-order valence-electron chi connectivity index (χ2n) is 3.24. The van der Waals surface area contributed by atoms with Crippen LogP contribution in [-0.2, 0) is 19.1 Å². The number of carbonyl (C=O) groups excluding carboxylic acids is 2. The number of rotatable bonds is 6. The molecule has 4 nitrogen and oxygen atoms in total. The Morgan fingerprint density at radius 3 is 2.53 bits per heavy atom. The van der Waals surface area contributed by atoms with Crippen LogP contribution in [-0.4, -0.2) is 25.7 Å². The van der Waals surface area contributed by atoms with Crippen LogP contribution in [0, 0.1) is 5.92 Å². The summed E-state index contributed by atoms with van der Waals surface area (Å²) in [5.74, 6) is -0.872. The smallest absolute Gasteiger partial charge is 0.333 e. The monoisotopic (exact) mass is 212 g/mol. The fourth-order valence-corrected chi connectivity index (χ4v) is 0.991. The molecular weight excluding hydrogens is 196 g/mol. The molecule has 0 radical (unpaired) electrons. The summed E-state index contributed by atoms with van der Waals surface area (Å²) >= 11 is 0. The molecule has 0 fully saturated rings. The van der Waals surface area contributed by atoms with Crippen LogP contribution < -0.4 is 0 Å². The predicted molar refractivity (Wildman–Crippen MR) is 56.1 cm³/mol. The molecular formula is C11H16O4. The molecule has 1 atom stereocenters. The molecule has 4 heteroatoms. The van der Waals surface area contributed by atoms with Gasteiger partial charge in [0.25, 0.3) is 0 Å². The van der Waals surface area contributed by atoms with Gasteiger partial charge in [-0.25, -0.2) is 9.59 Å². The summed E-state index contributed by atoms with van der Waals surface area (Å²) in [7, 11) is 1.30. The summed E-state index contributed by atoms with van der Waals surface area (Å²) in [5, 5.41) is 0. The first-order chi connectivity index (χ1) is 7.01. The van der Waals surface area contributed by atoms with Gasteiger partial charge in [-0.05, 0) is 12.3 Å². The molecule has 0 aliphatic heterocycles. The fourth-order valence-electron chi connectivity index (χ4n) is 0.991. The van der Waals surface area contributed by atoms with Gasteiger partial charge in [-0.15, -0.1) is 0 Å². The zero-order chi connectivity index (χ0) is 11.8. The predicted octanol–water partition coefficient (Wildman–Crippen LogP) is 1.47. The maximum Gasteiger partial charge on any atom is 0.333 e. The van der Waals surface area contributed by atoms with E-state index in [1.165, 1.54) is 7.11 Å². The first-order valence-electron chi connectivity index (χ1n) is 4.56. The average Bonchev–Trinajstić information content (AvgIpc) is 2.24. The largest absolute Gasteiger partial charge is 0.466 e. The minimum absolute atomic E-state index is 0.0282. The van der Waals surface area contributed by atoms with Crippen LogP contribution in [0.2, 0.25) is 0 Å². The first-order valence-corrected chi connectivity index (χ1v) is 4.56. The fraction of sp³-hybridized carbons (Fsp3) is 0.455. The Morgan fingerprint density at radius 1 is 1.47 bits per heavy atom. The Kier molecular flexibility index (Phi) is 6.09. The first kappa shape index (κ1) is 13.4. The molecule has 0 aromatic carbocycles. The topological polar surface area (TPSA) is 52.6 Å². The van der Waals surface area contributed by atoms with Gasteiger partial charge in [0.2, 0.25) is 0 Å². The van der Waals surface area contributed by atoms with Crippen molar-refractivity contribution in [3.8, 4) is 0 Å². The van der Waals surface area contributed by atoms with E-state index in [4.69, 9.17) is 4.74 Å². The number of hydrogen-bond donors (Lipinski definition) is 0. The zero-order valence-electron chi connectivity index (χ0n) is 9.12. The Morgan fingerprint density at radius 2 is 2.07 bits per heavy atom. The van der Waals surface area contributed by atoms with Crippen molar-refractivity contribution in [1.29, 1.82) is 0 Å². The lowest BCUT2D eigenvalue weighted by Gasteiger charge is -2.11. The van der Waals surface area contributed by atoms with E-state index in [1.807, 2.05) is 6.92 Å². The van der Waals surface area contributed by atoms with Crippen LogP contribution in [0.5, 0.6) is 0 Å². The van der Waals surface area contributed by atoms with Gasteiger partial charge in [0.1, 0.15) is 0 Å². The van der Waals surface area contributed by atoms with Gasteiger partial charge in [0.05, 0.1) is 13.7 Å². The number of esters is 2. The summed E-state index contributed by atoms with van der Waals surface area (Å²) in [6.45, 7) is 8.94. The molecule has 0 N–H and O–H groups in total. The Balaban J connectivity index is 3.88. The lowest BCUT2D eigenvalue weighted by atomic mass is 10.0. The Hall–Kier alpha value is -1.58. The van der Waals surface area contributed by atoms with Crippen LogP contribution >= 0.6 is 0 Å². The van der Waals surface area contributed by atoms with Gasteiger partial charge in [0.15, 0.2) is 0 Å². The second-order valence-corrected chi connectivity index (χ2v) is 3.24. The van der Waals surface area contributed by atoms with E-state index in [0.29, 0.717) is 12.0 Å². The van der Waals surface area contributed by atoms with Crippen LogP contribution in [0.3, 0.4) is 0 Å². The highest BCUT2D eigenvalue weighted by Crippen LogP contribution is 2.11. The van der Waals surface area contributed by atoms with Crippen molar-refractivity contribution < 1.29 is 19.1 Å². The molecule has 0 saturated heterocycles. The maximum absolute atomic E-state index is 11.0. The molecule has 84 valence electrons. The van der Waals surface area contributed by atoms with Crippen molar-refractivity contribution in [3.05, 3.63) is 24.8 Å². The number of carbonyl (C=O) groups is 2. The molecule has 0 spiro atoms. The van der Waals surface area contributed by atoms with Crippen LogP contribution in [0.15, 0.2) is 24.8 Å². The molecule has 0 rings (SSSR count). The van der Waals surface area contributed by atoms with E-state index in [0.717, 1.165) is 6.08 Å². The maximum atomic E-state index is 11.0. The standard InChI is InChI=1S/C11H16O4/c1-5-10(12)15-7-8(2)6-9(3)11(13)14-4/h5,8H,1,3,6-7H2,2,4H3. The Bertz CT molecular complexity index is 268. The molecule has 15 heavy (non-hydrogen) atoms. The van der Waals surface area contributed by atoms with E-state index >= 15 is 0 Å². The third kappa shape index (κ3) is 5.67. The molecule has 0 amide bonds. The summed E-state index contributed by atoms with van der Waals surface area (Å²) in [6.07, 6.45) is 1.54. The molecule has 0 aromatic rings. The summed E-state index contributed by atoms with van der Waals surface area (Å²) in [5.41, 5.74) is 0.375. The van der Waals surface area contributed by atoms with Crippen molar-refractivity contribution in [3.63, 3.8) is 0 Å². The lowest BCUT2D eigenvalue weighted by Crippen LogP contribution is -2.13. The minimum atomic E-state index is -0.467. The van der Waals surface area contributed by atoms with Gasteiger partial charge in [-0.3, -0.25) is 0 Å². The summed E-state index contributed by atoms with van der Waals surface area (Å²) < 4.78 is 9.31. The molecule has 0 bridgehead atoms. The zero-order valence-corrected chi connectivity index (χ0v) is 9.12. The summed E-state index contributed by atoms with van der Waals surface area (Å²) in [6, 6.07) is 0. The highest BCUT2D eigenvalue weighted by molar-refractivity contribution is 5.87. The third-order valence-corrected chi connectivity index (χ3v) is 1.75. The molecule has 0 aliphatic carbocycles. The lowest BCUT2D eigenvalue weighted by molar-refractivity contribution is -0.138. The third-order valence-electron chi connectivity index (χ3n) is 1.75. The molecule has 0 saturated carbocycles. The van der Waals surface area contributed by atoms with Gasteiger partial charge >= 0.3 is 11.9 Å². The average molecular weight is 212 g/mol. The highest BCUT2D eigenvalue weighted by Gasteiger charge is 2.12. The van der Waals surface area contributed by atoms with Crippen molar-refractivity contribution >= 4 is 11.9 Å². The normalized spacial score (nSPS) is 11.3. The van der Waals surface area contributed by atoms with E-state index in [-0.39, 0.29) is 12.5 Å². The van der Waals surface area contributed by atoms with Crippen molar-refractivity contribution in [2.75, 3.05) is 13.7 Å². The van der Waals surface area contributed by atoms with Crippen molar-refractivity contribution in [2.24, 2.45) is 5.92 Å². The van der Waals surface area contributed by atoms with Gasteiger partial charge < -0.3 is 9.47 Å². The van der Waals surface area contributed by atoms with Crippen molar-refractivity contribution in [1.82, 2.24) is 0 Å². The van der Waals surface area contributed by atoms with Crippen LogP contribution in [0.1, 0.15) is 13.3 Å². The van der Waals surface area contributed by atoms with E-state index in [1.54, 1.807) is 0 Å². The van der Waals surface area contributed by atoms with Gasteiger partial charge in [-0.1, -0.05) is 20.1 Å². The minimum Gasteiger partial charge on any atom is -0.466 e. The van der Waals surface area contributed by atoms with E-state index < -0.39 is 11.9 Å². The van der Waals surface area contributed by atoms with Gasteiger partial charge in [0, 0.05) is 11.6 Å².